The maximum absolute atomic E-state index is 14.7. The smallest absolute Gasteiger partial charge is 0.313 e. The van der Waals surface area contributed by atoms with Crippen LogP contribution in [0.1, 0.15) is 63.0 Å². The van der Waals surface area contributed by atoms with E-state index in [0.717, 1.165) is 31.5 Å². The van der Waals surface area contributed by atoms with Crippen LogP contribution in [-0.4, -0.2) is 127 Å². The number of aliphatic hydroxyl groups is 1. The van der Waals surface area contributed by atoms with Gasteiger partial charge in [-0.05, 0) is 37.7 Å². The van der Waals surface area contributed by atoms with Crippen LogP contribution in [0.25, 0.3) is 0 Å². The molecule has 50 heavy (non-hydrogen) atoms. The molecule has 4 heterocycles. The van der Waals surface area contributed by atoms with Gasteiger partial charge < -0.3 is 34.4 Å². The number of likely N-dealkylation sites (tertiary alicyclic amines) is 1. The zero-order chi connectivity index (χ0) is 35.5. The summed E-state index contributed by atoms with van der Waals surface area (Å²) in [6.45, 7) is 12.5. The van der Waals surface area contributed by atoms with E-state index in [1.165, 1.54) is 0 Å². The predicted molar refractivity (Wildman–Crippen MR) is 187 cm³/mol. The monoisotopic (exact) mass is 694 g/mol. The number of amides is 3. The number of carbonyl (C=O) groups is 4. The lowest BCUT2D eigenvalue weighted by atomic mass is 9.70. The summed E-state index contributed by atoms with van der Waals surface area (Å²) in [4.78, 5) is 61.5. The van der Waals surface area contributed by atoms with Crippen molar-refractivity contribution in [2.24, 2.45) is 11.8 Å². The minimum atomic E-state index is -1.15. The fourth-order valence-electron chi connectivity index (χ4n) is 8.04. The number of carbonyl (C=O) groups excluding carboxylic acids is 4. The number of morpholine rings is 1. The molecule has 12 heteroatoms. The van der Waals surface area contributed by atoms with Crippen molar-refractivity contribution in [1.82, 2.24) is 20.0 Å². The van der Waals surface area contributed by atoms with Gasteiger partial charge in [-0.2, -0.15) is 0 Å². The van der Waals surface area contributed by atoms with E-state index < -0.39 is 41.7 Å². The highest BCUT2D eigenvalue weighted by atomic mass is 16.6. The number of esters is 1. The number of unbranched alkanes of at least 4 members (excludes halogenated alkanes) is 3. The molecule has 0 unspecified atom stereocenters. The molecule has 2 bridgehead atoms. The van der Waals surface area contributed by atoms with Gasteiger partial charge in [-0.1, -0.05) is 55.3 Å². The highest BCUT2D eigenvalue weighted by Gasteiger charge is 2.75. The molecule has 0 radical (unpaired) electrons. The molecule has 2 N–H and O–H groups in total. The standard InChI is InChI=1S/C38H54N4O8/c1-3-5-15-31(44)39-27-30(28-13-9-8-10-14-28)49-37(47)32-29-16-17-38(50-29)33(32)35(45)42(19-11-6-7-12-24-43)34(38)36(46)41(18-4-2)21-20-40-22-25-48-26-23-40/h3-4,8-10,13-14,29-30,32-34,43H,1-2,5-7,11-12,15-27H2,(H,39,44)/t29-,30+,32+,33+,34-,38+/m1/s1. The third kappa shape index (κ3) is 8.47. The Morgan fingerprint density at radius 2 is 1.84 bits per heavy atom. The maximum Gasteiger partial charge on any atom is 0.313 e. The first-order valence-corrected chi connectivity index (χ1v) is 18.3. The Morgan fingerprint density at radius 3 is 2.56 bits per heavy atom. The van der Waals surface area contributed by atoms with Crippen molar-refractivity contribution >= 4 is 23.7 Å². The van der Waals surface area contributed by atoms with E-state index in [-0.39, 0.29) is 37.3 Å². The second-order valence-electron chi connectivity index (χ2n) is 13.7. The van der Waals surface area contributed by atoms with Crippen LogP contribution in [0.5, 0.6) is 0 Å². The number of benzene rings is 1. The fraction of sp³-hybridized carbons (Fsp3) is 0.632. The van der Waals surface area contributed by atoms with Crippen LogP contribution < -0.4 is 5.32 Å². The van der Waals surface area contributed by atoms with Gasteiger partial charge in [-0.3, -0.25) is 24.1 Å². The largest absolute Gasteiger partial charge is 0.455 e. The molecular formula is C38H54N4O8. The topological polar surface area (TPSA) is 138 Å². The summed E-state index contributed by atoms with van der Waals surface area (Å²) in [6.07, 6.45) is 6.81. The van der Waals surface area contributed by atoms with Crippen molar-refractivity contribution in [3.05, 3.63) is 61.2 Å². The zero-order valence-electron chi connectivity index (χ0n) is 29.2. The average molecular weight is 695 g/mol. The number of fused-ring (bicyclic) bond motifs is 1. The molecule has 4 aliphatic rings. The highest BCUT2D eigenvalue weighted by molar-refractivity contribution is 5.98. The number of nitrogens with one attached hydrogen (secondary N) is 1. The molecule has 1 aromatic carbocycles. The van der Waals surface area contributed by atoms with E-state index in [2.05, 4.69) is 23.4 Å². The summed E-state index contributed by atoms with van der Waals surface area (Å²) in [6, 6.07) is 8.35. The lowest BCUT2D eigenvalue weighted by Gasteiger charge is -2.37. The third-order valence-corrected chi connectivity index (χ3v) is 10.6. The van der Waals surface area contributed by atoms with Crippen molar-refractivity contribution in [1.29, 1.82) is 0 Å². The van der Waals surface area contributed by atoms with Gasteiger partial charge in [0.15, 0.2) is 0 Å². The van der Waals surface area contributed by atoms with Gasteiger partial charge in [0.05, 0.1) is 37.7 Å². The number of hydrogen-bond acceptors (Lipinski definition) is 9. The van der Waals surface area contributed by atoms with Crippen LogP contribution in [0, 0.1) is 11.8 Å². The molecule has 0 saturated carbocycles. The number of hydrogen-bond donors (Lipinski definition) is 2. The third-order valence-electron chi connectivity index (χ3n) is 10.6. The van der Waals surface area contributed by atoms with Crippen LogP contribution in [-0.2, 0) is 33.4 Å². The molecule has 12 nitrogen and oxygen atoms in total. The quantitative estimate of drug-likeness (QED) is 0.120. The molecule has 4 saturated heterocycles. The Balaban J connectivity index is 1.38. The van der Waals surface area contributed by atoms with Crippen molar-refractivity contribution in [3.63, 3.8) is 0 Å². The van der Waals surface area contributed by atoms with Crippen molar-refractivity contribution in [2.45, 2.75) is 75.2 Å². The second-order valence-corrected chi connectivity index (χ2v) is 13.7. The summed E-state index contributed by atoms with van der Waals surface area (Å²) in [7, 11) is 0. The highest BCUT2D eigenvalue weighted by Crippen LogP contribution is 2.59. The van der Waals surface area contributed by atoms with E-state index in [1.807, 2.05) is 30.3 Å². The first kappa shape index (κ1) is 37.7. The van der Waals surface area contributed by atoms with E-state index >= 15 is 0 Å². The van der Waals surface area contributed by atoms with Gasteiger partial charge in [0.25, 0.3) is 0 Å². The maximum atomic E-state index is 14.7. The molecular weight excluding hydrogens is 640 g/mol. The van der Waals surface area contributed by atoms with Gasteiger partial charge >= 0.3 is 5.97 Å². The lowest BCUT2D eigenvalue weighted by Crippen LogP contribution is -2.57. The van der Waals surface area contributed by atoms with Gasteiger partial charge in [0.2, 0.25) is 17.7 Å². The Hall–Kier alpha value is -3.58. The van der Waals surface area contributed by atoms with Crippen LogP contribution in [0.2, 0.25) is 0 Å². The molecule has 5 rings (SSSR count). The van der Waals surface area contributed by atoms with Crippen LogP contribution in [0.3, 0.4) is 0 Å². The molecule has 3 amide bonds. The molecule has 4 fully saturated rings. The van der Waals surface area contributed by atoms with Gasteiger partial charge in [-0.25, -0.2) is 0 Å². The average Bonchev–Trinajstić information content (AvgIpc) is 3.78. The Kier molecular flexibility index (Phi) is 13.6. The van der Waals surface area contributed by atoms with Gasteiger partial charge in [0.1, 0.15) is 17.7 Å². The summed E-state index contributed by atoms with van der Waals surface area (Å²) in [5.41, 5.74) is -0.424. The minimum absolute atomic E-state index is 0.0778. The first-order chi connectivity index (χ1) is 24.3. The second kappa shape index (κ2) is 18.1. The molecule has 1 spiro atoms. The number of nitrogens with zero attached hydrogens (tertiary/aromatic N) is 3. The molecule has 4 aliphatic heterocycles. The summed E-state index contributed by atoms with van der Waals surface area (Å²) >= 11 is 0. The van der Waals surface area contributed by atoms with Crippen LogP contribution >= 0.6 is 0 Å². The lowest BCUT2D eigenvalue weighted by molar-refractivity contribution is -0.160. The van der Waals surface area contributed by atoms with Crippen LogP contribution in [0.4, 0.5) is 0 Å². The normalized spacial score (nSPS) is 26.3. The predicted octanol–water partition coefficient (Wildman–Crippen LogP) is 2.63. The summed E-state index contributed by atoms with van der Waals surface area (Å²) < 4.78 is 18.3. The zero-order valence-corrected chi connectivity index (χ0v) is 29.2. The molecule has 0 aromatic heterocycles. The summed E-state index contributed by atoms with van der Waals surface area (Å²) in [5.74, 6) is -2.92. The molecule has 1 aromatic rings. The van der Waals surface area contributed by atoms with Gasteiger partial charge in [0, 0.05) is 52.3 Å². The number of rotatable bonds is 20. The van der Waals surface area contributed by atoms with E-state index in [1.54, 1.807) is 22.0 Å². The SMILES string of the molecule is C=CCCC(=O)NC[C@H](OC(=O)[C@@H]1[C@H]2C(=O)N(CCCCCCO)[C@H](C(=O)N(CC=C)CCN3CCOCC3)[C@]23CC[C@H]1O3)c1ccccc1. The minimum Gasteiger partial charge on any atom is -0.455 e. The first-order valence-electron chi connectivity index (χ1n) is 18.3. The summed E-state index contributed by atoms with van der Waals surface area (Å²) in [5, 5.41) is 12.1. The molecule has 0 aliphatic carbocycles. The van der Waals surface area contributed by atoms with E-state index in [4.69, 9.17) is 14.2 Å². The Bertz CT molecular complexity index is 1340. The number of ether oxygens (including phenoxy) is 3. The van der Waals surface area contributed by atoms with E-state index in [0.29, 0.717) is 71.5 Å². The Labute approximate surface area is 295 Å². The molecule has 6 atom stereocenters. The fourth-order valence-corrected chi connectivity index (χ4v) is 8.04. The molecule has 274 valence electrons. The number of aliphatic hydroxyl groups excluding tert-OH is 1. The van der Waals surface area contributed by atoms with Crippen molar-refractivity contribution in [2.75, 3.05) is 65.6 Å². The Morgan fingerprint density at radius 1 is 1.08 bits per heavy atom. The number of allylic oxidation sites excluding steroid dienone is 1. The van der Waals surface area contributed by atoms with Gasteiger partial charge in [-0.15, -0.1) is 13.2 Å². The van der Waals surface area contributed by atoms with Crippen molar-refractivity contribution in [3.8, 4) is 0 Å². The van der Waals surface area contributed by atoms with Crippen LogP contribution in [0.15, 0.2) is 55.6 Å². The van der Waals surface area contributed by atoms with E-state index in [9.17, 15) is 24.3 Å². The van der Waals surface area contributed by atoms with Crippen molar-refractivity contribution < 1.29 is 38.5 Å².